The maximum Gasteiger partial charge on any atom is 0.340 e. The van der Waals surface area contributed by atoms with Crippen LogP contribution in [0, 0.1) is 0 Å². The van der Waals surface area contributed by atoms with Gasteiger partial charge in [0, 0.05) is 6.07 Å². The smallest absolute Gasteiger partial charge is 0.340 e. The Hall–Kier alpha value is -3.07. The first-order valence-electron chi connectivity index (χ1n) is 7.74. The highest BCUT2D eigenvalue weighted by atomic mass is 32.2. The van der Waals surface area contributed by atoms with Crippen LogP contribution in [0.25, 0.3) is 0 Å². The normalized spacial score (nSPS) is 10.8. The number of nitrogens with one attached hydrogen (secondary N) is 1. The predicted octanol–water partition coefficient (Wildman–Crippen LogP) is 2.12. The average Bonchev–Trinajstić information content (AvgIpc) is 2.64. The number of benzene rings is 2. The molecule has 0 aliphatic heterocycles. The number of hydrogen-bond acceptors (Lipinski definition) is 7. The number of ether oxygens (including phenoxy) is 3. The summed E-state index contributed by atoms with van der Waals surface area (Å²) >= 11 is 0. The fourth-order valence-corrected chi connectivity index (χ4v) is 2.84. The molecular formula is C18H19NO7S. The Labute approximate surface area is 157 Å². The van der Waals surface area contributed by atoms with Crippen molar-refractivity contribution in [3.8, 4) is 11.5 Å². The molecule has 8 nitrogen and oxygen atoms in total. The molecule has 2 aromatic rings. The lowest BCUT2D eigenvalue weighted by Crippen LogP contribution is -2.18. The number of anilines is 1. The Balaban J connectivity index is 2.13. The summed E-state index contributed by atoms with van der Waals surface area (Å²) in [6, 6.07) is 10.6. The van der Waals surface area contributed by atoms with Gasteiger partial charge in [-0.3, -0.25) is 9.52 Å². The van der Waals surface area contributed by atoms with Crippen LogP contribution in [0.5, 0.6) is 11.5 Å². The fourth-order valence-electron chi connectivity index (χ4n) is 2.27. The minimum atomic E-state index is -3.58. The number of sulfonamides is 1. The van der Waals surface area contributed by atoms with Crippen LogP contribution in [0.15, 0.2) is 42.5 Å². The van der Waals surface area contributed by atoms with Crippen LogP contribution in [0.3, 0.4) is 0 Å². The second kappa shape index (κ2) is 8.54. The summed E-state index contributed by atoms with van der Waals surface area (Å²) in [4.78, 5) is 24.6. The highest BCUT2D eigenvalue weighted by Gasteiger charge is 2.19. The summed E-state index contributed by atoms with van der Waals surface area (Å²) in [5.41, 5.74) is 0.297. The van der Waals surface area contributed by atoms with Crippen LogP contribution in [0.2, 0.25) is 0 Å². The summed E-state index contributed by atoms with van der Waals surface area (Å²) in [6.45, 7) is -0.533. The molecule has 0 aliphatic carbocycles. The molecule has 0 heterocycles. The van der Waals surface area contributed by atoms with Crippen LogP contribution in [0.4, 0.5) is 5.69 Å². The minimum absolute atomic E-state index is 0.00239. The number of ketones is 1. The Morgan fingerprint density at radius 2 is 1.70 bits per heavy atom. The summed E-state index contributed by atoms with van der Waals surface area (Å²) in [7, 11) is -0.683. The Morgan fingerprint density at radius 1 is 1.00 bits per heavy atom. The third-order valence-electron chi connectivity index (χ3n) is 3.49. The zero-order valence-electron chi connectivity index (χ0n) is 15.0. The van der Waals surface area contributed by atoms with Gasteiger partial charge in [-0.1, -0.05) is 12.1 Å². The van der Waals surface area contributed by atoms with Gasteiger partial charge in [0.25, 0.3) is 0 Å². The van der Waals surface area contributed by atoms with Crippen molar-refractivity contribution in [2.24, 2.45) is 0 Å². The largest absolute Gasteiger partial charge is 0.497 e. The highest BCUT2D eigenvalue weighted by molar-refractivity contribution is 7.92. The van der Waals surface area contributed by atoms with Crippen molar-refractivity contribution >= 4 is 27.5 Å². The monoisotopic (exact) mass is 393 g/mol. The molecule has 0 unspecified atom stereocenters. The van der Waals surface area contributed by atoms with E-state index in [9.17, 15) is 18.0 Å². The van der Waals surface area contributed by atoms with Crippen LogP contribution in [-0.2, 0) is 14.8 Å². The molecule has 9 heteroatoms. The Kier molecular flexibility index (Phi) is 6.40. The molecule has 0 atom stereocenters. The standard InChI is InChI=1S/C18H19NO7S/c1-24-12-8-9-14(17(10-12)25-2)16(20)11-26-18(21)13-6-4-5-7-15(13)19-27(3,22)23/h4-10,19H,11H2,1-3H3. The van der Waals surface area contributed by atoms with Crippen LogP contribution < -0.4 is 14.2 Å². The molecule has 0 spiro atoms. The molecule has 144 valence electrons. The zero-order chi connectivity index (χ0) is 20.0. The first-order valence-corrected chi connectivity index (χ1v) is 9.63. The van der Waals surface area contributed by atoms with Gasteiger partial charge in [0.1, 0.15) is 11.5 Å². The van der Waals surface area contributed by atoms with Gasteiger partial charge in [-0.15, -0.1) is 0 Å². The number of esters is 1. The number of Topliss-reactive ketones (excluding diaryl/α,β-unsaturated/α-hetero) is 1. The maximum absolute atomic E-state index is 12.4. The van der Waals surface area contributed by atoms with E-state index in [1.807, 2.05) is 0 Å². The van der Waals surface area contributed by atoms with E-state index >= 15 is 0 Å². The van der Waals surface area contributed by atoms with Crippen molar-refractivity contribution in [1.82, 2.24) is 0 Å². The number of hydrogen-bond donors (Lipinski definition) is 1. The van der Waals surface area contributed by atoms with E-state index < -0.39 is 28.4 Å². The van der Waals surface area contributed by atoms with Crippen molar-refractivity contribution in [1.29, 1.82) is 0 Å². The van der Waals surface area contributed by atoms with Gasteiger partial charge in [0.2, 0.25) is 15.8 Å². The summed E-state index contributed by atoms with van der Waals surface area (Å²) < 4.78 is 40.3. The fraction of sp³-hybridized carbons (Fsp3) is 0.222. The van der Waals surface area contributed by atoms with Gasteiger partial charge in [-0.25, -0.2) is 13.2 Å². The van der Waals surface area contributed by atoms with Gasteiger partial charge in [0.15, 0.2) is 6.61 Å². The SMILES string of the molecule is COc1ccc(C(=O)COC(=O)c2ccccc2NS(C)(=O)=O)c(OC)c1. The van der Waals surface area contributed by atoms with E-state index in [2.05, 4.69) is 4.72 Å². The van der Waals surface area contributed by atoms with Crippen LogP contribution in [-0.4, -0.2) is 47.3 Å². The maximum atomic E-state index is 12.4. The van der Waals surface area contributed by atoms with Crippen molar-refractivity contribution in [3.63, 3.8) is 0 Å². The molecule has 27 heavy (non-hydrogen) atoms. The lowest BCUT2D eigenvalue weighted by Gasteiger charge is -2.12. The van der Waals surface area contributed by atoms with Crippen molar-refractivity contribution in [3.05, 3.63) is 53.6 Å². The van der Waals surface area contributed by atoms with Gasteiger partial charge in [-0.2, -0.15) is 0 Å². The first kappa shape index (κ1) is 20.2. The molecule has 1 N–H and O–H groups in total. The van der Waals surface area contributed by atoms with E-state index in [0.29, 0.717) is 5.75 Å². The average molecular weight is 393 g/mol. The Bertz CT molecular complexity index is 954. The molecule has 0 amide bonds. The lowest BCUT2D eigenvalue weighted by atomic mass is 10.1. The number of methoxy groups -OCH3 is 2. The van der Waals surface area contributed by atoms with Crippen molar-refractivity contribution in [2.75, 3.05) is 31.8 Å². The van der Waals surface area contributed by atoms with Crippen molar-refractivity contribution in [2.45, 2.75) is 0 Å². The molecular weight excluding hydrogens is 374 g/mol. The molecule has 0 radical (unpaired) electrons. The van der Waals surface area contributed by atoms with Gasteiger partial charge in [-0.05, 0) is 24.3 Å². The quantitative estimate of drug-likeness (QED) is 0.540. The zero-order valence-corrected chi connectivity index (χ0v) is 15.8. The van der Waals surface area contributed by atoms with E-state index in [0.717, 1.165) is 6.26 Å². The molecule has 0 saturated carbocycles. The minimum Gasteiger partial charge on any atom is -0.497 e. The number of carbonyl (C=O) groups is 2. The third kappa shape index (κ3) is 5.45. The van der Waals surface area contributed by atoms with E-state index in [1.54, 1.807) is 24.3 Å². The highest BCUT2D eigenvalue weighted by Crippen LogP contribution is 2.25. The second-order valence-electron chi connectivity index (χ2n) is 5.49. The summed E-state index contributed by atoms with van der Waals surface area (Å²) in [5.74, 6) is -0.505. The second-order valence-corrected chi connectivity index (χ2v) is 7.23. The molecule has 2 rings (SSSR count). The Morgan fingerprint density at radius 3 is 2.33 bits per heavy atom. The first-order chi connectivity index (χ1) is 12.7. The lowest BCUT2D eigenvalue weighted by molar-refractivity contribution is 0.0475. The number of carbonyl (C=O) groups excluding carboxylic acids is 2. The van der Waals surface area contributed by atoms with E-state index in [1.165, 1.54) is 32.4 Å². The van der Waals surface area contributed by atoms with E-state index in [4.69, 9.17) is 14.2 Å². The summed E-state index contributed by atoms with van der Waals surface area (Å²) in [6.07, 6.45) is 0.967. The topological polar surface area (TPSA) is 108 Å². The van der Waals surface area contributed by atoms with Crippen LogP contribution >= 0.6 is 0 Å². The molecule has 2 aromatic carbocycles. The van der Waals surface area contributed by atoms with Crippen LogP contribution in [0.1, 0.15) is 20.7 Å². The third-order valence-corrected chi connectivity index (χ3v) is 4.08. The molecule has 0 saturated heterocycles. The predicted molar refractivity (Wildman–Crippen MR) is 99.1 cm³/mol. The van der Waals surface area contributed by atoms with Gasteiger partial charge in [0.05, 0.1) is 37.3 Å². The molecule has 0 fully saturated rings. The van der Waals surface area contributed by atoms with E-state index in [-0.39, 0.29) is 22.6 Å². The van der Waals surface area contributed by atoms with Gasteiger partial charge >= 0.3 is 5.97 Å². The summed E-state index contributed by atoms with van der Waals surface area (Å²) in [5, 5.41) is 0. The van der Waals surface area contributed by atoms with Gasteiger partial charge < -0.3 is 14.2 Å². The molecule has 0 aromatic heterocycles. The number of rotatable bonds is 8. The van der Waals surface area contributed by atoms with Crippen molar-refractivity contribution < 1.29 is 32.2 Å². The molecule has 0 bridgehead atoms. The number of para-hydroxylation sites is 1. The molecule has 0 aliphatic rings.